The molecule has 112 valence electrons. The summed E-state index contributed by atoms with van der Waals surface area (Å²) in [5.74, 6) is 0.333. The van der Waals surface area contributed by atoms with E-state index in [1.807, 2.05) is 60.0 Å². The summed E-state index contributed by atoms with van der Waals surface area (Å²) in [6.45, 7) is 6.15. The average Bonchev–Trinajstić information content (AvgIpc) is 2.83. The number of carbonyl (C=O) groups excluding carboxylic acids is 1. The van der Waals surface area contributed by atoms with Crippen molar-refractivity contribution in [1.82, 2.24) is 9.38 Å². The quantitative estimate of drug-likeness (QED) is 0.793. The van der Waals surface area contributed by atoms with E-state index in [-0.39, 0.29) is 5.91 Å². The zero-order chi connectivity index (χ0) is 15.7. The molecule has 3 rings (SSSR count). The van der Waals surface area contributed by atoms with Gasteiger partial charge in [-0.25, -0.2) is 4.98 Å². The number of hydrogen-bond donors (Lipinski definition) is 1. The van der Waals surface area contributed by atoms with E-state index < -0.39 is 0 Å². The van der Waals surface area contributed by atoms with Crippen LogP contribution >= 0.6 is 0 Å². The van der Waals surface area contributed by atoms with E-state index in [0.29, 0.717) is 11.6 Å². The van der Waals surface area contributed by atoms with E-state index in [1.54, 1.807) is 0 Å². The number of nitrogens with one attached hydrogen (secondary N) is 1. The summed E-state index contributed by atoms with van der Waals surface area (Å²) in [5.41, 5.74) is 4.12. The number of benzene rings is 1. The molecule has 0 aliphatic heterocycles. The van der Waals surface area contributed by atoms with E-state index in [0.717, 1.165) is 17.0 Å². The highest BCUT2D eigenvalue weighted by Gasteiger charge is 2.16. The average molecular weight is 293 g/mol. The molecule has 0 aliphatic carbocycles. The Labute approximate surface area is 129 Å². The molecule has 1 N–H and O–H groups in total. The van der Waals surface area contributed by atoms with Crippen LogP contribution in [-0.4, -0.2) is 15.3 Å². The van der Waals surface area contributed by atoms with Crippen molar-refractivity contribution >= 4 is 17.2 Å². The fraction of sp³-hybridized carbons (Fsp3) is 0.222. The van der Waals surface area contributed by atoms with Crippen LogP contribution in [0.5, 0.6) is 0 Å². The smallest absolute Gasteiger partial charge is 0.274 e. The normalized spacial score (nSPS) is 11.1. The van der Waals surface area contributed by atoms with Crippen LogP contribution in [0, 0.1) is 6.92 Å². The van der Waals surface area contributed by atoms with Crippen LogP contribution in [0.3, 0.4) is 0 Å². The van der Waals surface area contributed by atoms with Gasteiger partial charge in [-0.15, -0.1) is 0 Å². The lowest BCUT2D eigenvalue weighted by Crippen LogP contribution is -2.15. The van der Waals surface area contributed by atoms with Crippen molar-refractivity contribution in [2.45, 2.75) is 26.7 Å². The van der Waals surface area contributed by atoms with E-state index in [2.05, 4.69) is 24.1 Å². The first-order valence-electron chi connectivity index (χ1n) is 7.41. The number of aryl methyl sites for hydroxylation is 1. The van der Waals surface area contributed by atoms with Gasteiger partial charge in [-0.05, 0) is 42.7 Å². The van der Waals surface area contributed by atoms with Crippen LogP contribution in [0.15, 0.2) is 48.7 Å². The number of pyridine rings is 1. The molecule has 4 nitrogen and oxygen atoms in total. The van der Waals surface area contributed by atoms with Crippen molar-refractivity contribution in [2.24, 2.45) is 0 Å². The molecule has 0 radical (unpaired) electrons. The highest BCUT2D eigenvalue weighted by atomic mass is 16.2. The molecule has 2 heterocycles. The molecule has 1 amide bonds. The molecule has 1 aromatic carbocycles. The number of amides is 1. The Kier molecular flexibility index (Phi) is 3.67. The van der Waals surface area contributed by atoms with Crippen molar-refractivity contribution in [3.63, 3.8) is 0 Å². The fourth-order valence-corrected chi connectivity index (χ4v) is 2.53. The van der Waals surface area contributed by atoms with Crippen LogP contribution in [0.1, 0.15) is 41.5 Å². The van der Waals surface area contributed by atoms with E-state index in [9.17, 15) is 4.79 Å². The summed E-state index contributed by atoms with van der Waals surface area (Å²) in [4.78, 5) is 17.0. The van der Waals surface area contributed by atoms with Crippen molar-refractivity contribution in [3.8, 4) is 0 Å². The molecule has 3 aromatic rings. The van der Waals surface area contributed by atoms with Crippen LogP contribution in [0.2, 0.25) is 0 Å². The molecule has 0 saturated carbocycles. The van der Waals surface area contributed by atoms with Gasteiger partial charge in [-0.2, -0.15) is 0 Å². The SMILES string of the molecule is Cc1nc2ccccn2c1C(=O)Nc1ccc(C(C)C)cc1. The topological polar surface area (TPSA) is 46.4 Å². The van der Waals surface area contributed by atoms with Crippen molar-refractivity contribution in [2.75, 3.05) is 5.32 Å². The molecule has 2 aromatic heterocycles. The van der Waals surface area contributed by atoms with Crippen LogP contribution in [0.4, 0.5) is 5.69 Å². The Hall–Kier alpha value is -2.62. The number of carbonyl (C=O) groups is 1. The van der Waals surface area contributed by atoms with E-state index in [1.165, 1.54) is 5.56 Å². The van der Waals surface area contributed by atoms with E-state index in [4.69, 9.17) is 0 Å². The van der Waals surface area contributed by atoms with E-state index >= 15 is 0 Å². The Morgan fingerprint density at radius 2 is 1.86 bits per heavy atom. The summed E-state index contributed by atoms with van der Waals surface area (Å²) in [6, 6.07) is 13.7. The molecule has 0 bridgehead atoms. The van der Waals surface area contributed by atoms with Gasteiger partial charge in [0.15, 0.2) is 0 Å². The maximum atomic E-state index is 12.6. The van der Waals surface area contributed by atoms with Crippen molar-refractivity contribution < 1.29 is 4.79 Å². The van der Waals surface area contributed by atoms with Crippen LogP contribution < -0.4 is 5.32 Å². The Morgan fingerprint density at radius 3 is 2.55 bits per heavy atom. The molecule has 0 fully saturated rings. The summed E-state index contributed by atoms with van der Waals surface area (Å²) in [6.07, 6.45) is 1.85. The number of rotatable bonds is 3. The maximum Gasteiger partial charge on any atom is 0.274 e. The largest absolute Gasteiger partial charge is 0.321 e. The number of hydrogen-bond acceptors (Lipinski definition) is 2. The molecule has 4 heteroatoms. The van der Waals surface area contributed by atoms with Gasteiger partial charge >= 0.3 is 0 Å². The fourth-order valence-electron chi connectivity index (χ4n) is 2.53. The zero-order valence-electron chi connectivity index (χ0n) is 13.0. The lowest BCUT2D eigenvalue weighted by Gasteiger charge is -2.09. The maximum absolute atomic E-state index is 12.6. The minimum absolute atomic E-state index is 0.145. The Bertz CT molecular complexity index is 816. The molecule has 0 atom stereocenters. The summed E-state index contributed by atoms with van der Waals surface area (Å²) in [5, 5.41) is 2.94. The number of aromatic nitrogens is 2. The number of imidazole rings is 1. The zero-order valence-corrected chi connectivity index (χ0v) is 13.0. The molecule has 0 spiro atoms. The van der Waals surface area contributed by atoms with Crippen molar-refractivity contribution in [1.29, 1.82) is 0 Å². The molecule has 22 heavy (non-hydrogen) atoms. The summed E-state index contributed by atoms with van der Waals surface area (Å²) < 4.78 is 1.81. The van der Waals surface area contributed by atoms with Gasteiger partial charge in [-0.1, -0.05) is 32.0 Å². The number of anilines is 1. The summed E-state index contributed by atoms with van der Waals surface area (Å²) in [7, 11) is 0. The Morgan fingerprint density at radius 1 is 1.14 bits per heavy atom. The molecule has 0 aliphatic rings. The second-order valence-corrected chi connectivity index (χ2v) is 5.71. The van der Waals surface area contributed by atoms with Gasteiger partial charge in [0.05, 0.1) is 5.69 Å². The van der Waals surface area contributed by atoms with Gasteiger partial charge in [-0.3, -0.25) is 9.20 Å². The van der Waals surface area contributed by atoms with Gasteiger partial charge in [0, 0.05) is 11.9 Å². The minimum Gasteiger partial charge on any atom is -0.321 e. The van der Waals surface area contributed by atoms with Crippen molar-refractivity contribution in [3.05, 3.63) is 65.6 Å². The van der Waals surface area contributed by atoms with Crippen LogP contribution in [0.25, 0.3) is 5.65 Å². The van der Waals surface area contributed by atoms with Gasteiger partial charge in [0.2, 0.25) is 0 Å². The first kappa shape index (κ1) is 14.3. The lowest BCUT2D eigenvalue weighted by molar-refractivity contribution is 0.102. The predicted molar refractivity (Wildman–Crippen MR) is 88.4 cm³/mol. The monoisotopic (exact) mass is 293 g/mol. The minimum atomic E-state index is -0.145. The third-order valence-corrected chi connectivity index (χ3v) is 3.75. The second kappa shape index (κ2) is 5.64. The highest BCUT2D eigenvalue weighted by molar-refractivity contribution is 6.04. The third kappa shape index (κ3) is 2.60. The Balaban J connectivity index is 1.88. The first-order valence-corrected chi connectivity index (χ1v) is 7.41. The summed E-state index contributed by atoms with van der Waals surface area (Å²) >= 11 is 0. The molecule has 0 unspecified atom stereocenters. The van der Waals surface area contributed by atoms with Gasteiger partial charge in [0.25, 0.3) is 5.91 Å². The standard InChI is InChI=1S/C18H19N3O/c1-12(2)14-7-9-15(10-8-14)20-18(22)17-13(3)19-16-6-4-5-11-21(16)17/h4-12H,1-3H3,(H,20,22). The first-order chi connectivity index (χ1) is 10.6. The number of fused-ring (bicyclic) bond motifs is 1. The third-order valence-electron chi connectivity index (χ3n) is 3.75. The lowest BCUT2D eigenvalue weighted by atomic mass is 10.0. The van der Waals surface area contributed by atoms with Gasteiger partial charge < -0.3 is 5.32 Å². The van der Waals surface area contributed by atoms with Gasteiger partial charge in [0.1, 0.15) is 11.3 Å². The number of nitrogens with zero attached hydrogens (tertiary/aromatic N) is 2. The highest BCUT2D eigenvalue weighted by Crippen LogP contribution is 2.19. The van der Waals surface area contributed by atoms with Crippen LogP contribution in [-0.2, 0) is 0 Å². The molecular formula is C18H19N3O. The molecular weight excluding hydrogens is 274 g/mol. The predicted octanol–water partition coefficient (Wildman–Crippen LogP) is 4.02. The second-order valence-electron chi connectivity index (χ2n) is 5.71. The molecule has 0 saturated heterocycles.